The lowest BCUT2D eigenvalue weighted by molar-refractivity contribution is -0.173. The average Bonchev–Trinajstić information content (AvgIpc) is 2.49. The zero-order valence-corrected chi connectivity index (χ0v) is 12.6. The number of Topliss-reactive ketones (excluding diaryl/α,β-unsaturated/α-hetero) is 1. The zero-order chi connectivity index (χ0) is 15.1. The lowest BCUT2D eigenvalue weighted by atomic mass is 9.93. The largest absolute Gasteiger partial charge is 0.493 e. The standard InChI is InChI=1S/C12H12F3IN2O2/c1-5-2-8(10(19)12(13,14)15)17-4-9-6(5)3-7(16)11(20)18-9/h3,5,8,17H,2,4H2,1H3,(H,18,20). The SMILES string of the molecule is CC1CC(C(=O)C(F)(F)F)NCc2nc(O)c(I)cc21. The molecule has 1 aromatic rings. The molecule has 2 N–H and O–H groups in total. The van der Waals surface area contributed by atoms with Crippen LogP contribution in [0.15, 0.2) is 6.07 Å². The lowest BCUT2D eigenvalue weighted by Gasteiger charge is -2.18. The van der Waals surface area contributed by atoms with Crippen LogP contribution in [0, 0.1) is 3.57 Å². The molecule has 0 radical (unpaired) electrons. The Morgan fingerprint density at radius 2 is 2.20 bits per heavy atom. The molecule has 4 nitrogen and oxygen atoms in total. The quantitative estimate of drug-likeness (QED) is 0.712. The molecule has 0 bridgehead atoms. The number of nitrogens with one attached hydrogen (secondary N) is 1. The van der Waals surface area contributed by atoms with Gasteiger partial charge >= 0.3 is 6.18 Å². The van der Waals surface area contributed by atoms with E-state index < -0.39 is 18.0 Å². The molecule has 20 heavy (non-hydrogen) atoms. The first-order valence-corrected chi connectivity index (χ1v) is 7.00. The van der Waals surface area contributed by atoms with Gasteiger partial charge in [0.25, 0.3) is 5.78 Å². The van der Waals surface area contributed by atoms with E-state index >= 15 is 0 Å². The van der Waals surface area contributed by atoms with E-state index in [2.05, 4.69) is 10.3 Å². The Bertz CT molecular complexity index is 548. The average molecular weight is 400 g/mol. The molecule has 110 valence electrons. The molecule has 2 heterocycles. The Kier molecular flexibility index (Phi) is 4.24. The van der Waals surface area contributed by atoms with Crippen molar-refractivity contribution in [1.29, 1.82) is 0 Å². The minimum atomic E-state index is -4.85. The summed E-state index contributed by atoms with van der Waals surface area (Å²) in [5.74, 6) is -2.17. The number of aromatic hydroxyl groups is 1. The van der Waals surface area contributed by atoms with Crippen molar-refractivity contribution < 1.29 is 23.1 Å². The van der Waals surface area contributed by atoms with Gasteiger partial charge in [-0.05, 0) is 46.6 Å². The van der Waals surface area contributed by atoms with Crippen molar-refractivity contribution in [3.8, 4) is 5.88 Å². The molecule has 0 amide bonds. The van der Waals surface area contributed by atoms with E-state index in [-0.39, 0.29) is 24.8 Å². The second-order valence-electron chi connectivity index (χ2n) is 4.76. The van der Waals surface area contributed by atoms with Crippen molar-refractivity contribution in [2.75, 3.05) is 0 Å². The predicted molar refractivity (Wildman–Crippen MR) is 73.3 cm³/mol. The molecule has 8 heteroatoms. The molecular formula is C12H12F3IN2O2. The first-order valence-electron chi connectivity index (χ1n) is 5.93. The first kappa shape index (κ1) is 15.5. The molecule has 0 fully saturated rings. The highest BCUT2D eigenvalue weighted by Crippen LogP contribution is 2.32. The number of hydrogen-bond acceptors (Lipinski definition) is 4. The van der Waals surface area contributed by atoms with Gasteiger partial charge in [-0.25, -0.2) is 4.98 Å². The highest BCUT2D eigenvalue weighted by molar-refractivity contribution is 14.1. The third kappa shape index (κ3) is 3.05. The number of nitrogens with zero attached hydrogens (tertiary/aromatic N) is 1. The van der Waals surface area contributed by atoms with E-state index in [9.17, 15) is 23.1 Å². The first-order chi connectivity index (χ1) is 9.20. The molecule has 1 aliphatic heterocycles. The number of fused-ring (bicyclic) bond motifs is 1. The number of ketones is 1. The number of aromatic nitrogens is 1. The third-order valence-electron chi connectivity index (χ3n) is 3.30. The Balaban J connectivity index is 2.30. The molecule has 0 saturated carbocycles. The normalized spacial score (nSPS) is 23.1. The van der Waals surface area contributed by atoms with Crippen molar-refractivity contribution in [1.82, 2.24) is 10.3 Å². The van der Waals surface area contributed by atoms with Gasteiger partial charge in [0.1, 0.15) is 0 Å². The van der Waals surface area contributed by atoms with E-state index in [4.69, 9.17) is 0 Å². The molecule has 1 aromatic heterocycles. The number of hydrogen-bond donors (Lipinski definition) is 2. The van der Waals surface area contributed by atoms with Crippen LogP contribution in [-0.2, 0) is 11.3 Å². The minimum absolute atomic E-state index is 0.0244. The smallest absolute Gasteiger partial charge is 0.451 e. The van der Waals surface area contributed by atoms with E-state index in [0.717, 1.165) is 5.56 Å². The summed E-state index contributed by atoms with van der Waals surface area (Å²) in [5.41, 5.74) is 1.24. The number of pyridine rings is 1. The summed E-state index contributed by atoms with van der Waals surface area (Å²) in [6.45, 7) is 1.77. The zero-order valence-electron chi connectivity index (χ0n) is 10.5. The monoisotopic (exact) mass is 400 g/mol. The summed E-state index contributed by atoms with van der Waals surface area (Å²) in [5, 5.41) is 12.1. The predicted octanol–water partition coefficient (Wildman–Crippen LogP) is 2.49. The fraction of sp³-hybridized carbons (Fsp3) is 0.500. The Morgan fingerprint density at radius 3 is 2.80 bits per heavy atom. The van der Waals surface area contributed by atoms with Crippen LogP contribution in [-0.4, -0.2) is 28.1 Å². The number of halogens is 4. The number of carbonyl (C=O) groups excluding carboxylic acids is 1. The number of carbonyl (C=O) groups is 1. The third-order valence-corrected chi connectivity index (χ3v) is 4.10. The Morgan fingerprint density at radius 1 is 1.55 bits per heavy atom. The van der Waals surface area contributed by atoms with Crippen LogP contribution in [0.1, 0.15) is 30.5 Å². The van der Waals surface area contributed by atoms with Gasteiger partial charge in [0.15, 0.2) is 0 Å². The molecule has 0 spiro atoms. The van der Waals surface area contributed by atoms with Crippen molar-refractivity contribution in [3.63, 3.8) is 0 Å². The van der Waals surface area contributed by atoms with Gasteiger partial charge in [0.05, 0.1) is 15.3 Å². The molecule has 0 aromatic carbocycles. The summed E-state index contributed by atoms with van der Waals surface area (Å²) in [6, 6.07) is 0.421. The maximum Gasteiger partial charge on any atom is 0.451 e. The second-order valence-corrected chi connectivity index (χ2v) is 5.92. The summed E-state index contributed by atoms with van der Waals surface area (Å²) >= 11 is 1.90. The Labute approximate surface area is 126 Å². The molecule has 0 aliphatic carbocycles. The fourth-order valence-electron chi connectivity index (χ4n) is 2.28. The Hall–Kier alpha value is -0.900. The van der Waals surface area contributed by atoms with Crippen LogP contribution < -0.4 is 5.32 Å². The van der Waals surface area contributed by atoms with Crippen LogP contribution in [0.2, 0.25) is 0 Å². The van der Waals surface area contributed by atoms with Gasteiger partial charge in [0, 0.05) is 6.54 Å². The van der Waals surface area contributed by atoms with Gasteiger partial charge in [-0.1, -0.05) is 6.92 Å². The molecule has 2 atom stereocenters. The molecular weight excluding hydrogens is 388 g/mol. The minimum Gasteiger partial charge on any atom is -0.493 e. The summed E-state index contributed by atoms with van der Waals surface area (Å²) in [4.78, 5) is 15.3. The highest BCUT2D eigenvalue weighted by Gasteiger charge is 2.44. The van der Waals surface area contributed by atoms with Crippen LogP contribution in [0.3, 0.4) is 0 Å². The van der Waals surface area contributed by atoms with Crippen LogP contribution >= 0.6 is 22.6 Å². The fourth-order valence-corrected chi connectivity index (χ4v) is 2.74. The molecule has 0 saturated heterocycles. The lowest BCUT2D eigenvalue weighted by Crippen LogP contribution is -2.43. The maximum absolute atomic E-state index is 12.5. The maximum atomic E-state index is 12.5. The molecule has 2 unspecified atom stereocenters. The van der Waals surface area contributed by atoms with Gasteiger partial charge in [-0.3, -0.25) is 4.79 Å². The van der Waals surface area contributed by atoms with Crippen molar-refractivity contribution in [2.24, 2.45) is 0 Å². The van der Waals surface area contributed by atoms with Crippen LogP contribution in [0.25, 0.3) is 0 Å². The molecule has 2 rings (SSSR count). The van der Waals surface area contributed by atoms with Crippen molar-refractivity contribution in [3.05, 3.63) is 20.9 Å². The number of rotatable bonds is 1. The summed E-state index contributed by atoms with van der Waals surface area (Å²) in [7, 11) is 0. The second kappa shape index (κ2) is 5.47. The van der Waals surface area contributed by atoms with Gasteiger partial charge < -0.3 is 10.4 Å². The van der Waals surface area contributed by atoms with Crippen molar-refractivity contribution >= 4 is 28.4 Å². The summed E-state index contributed by atoms with van der Waals surface area (Å²) < 4.78 is 38.0. The highest BCUT2D eigenvalue weighted by atomic mass is 127. The van der Waals surface area contributed by atoms with E-state index in [1.807, 2.05) is 22.6 Å². The van der Waals surface area contributed by atoms with Crippen LogP contribution in [0.4, 0.5) is 13.2 Å². The van der Waals surface area contributed by atoms with Gasteiger partial charge in [-0.15, -0.1) is 0 Å². The number of alkyl halides is 3. The van der Waals surface area contributed by atoms with E-state index in [1.54, 1.807) is 13.0 Å². The van der Waals surface area contributed by atoms with E-state index in [1.165, 1.54) is 0 Å². The topological polar surface area (TPSA) is 62.2 Å². The van der Waals surface area contributed by atoms with Crippen molar-refractivity contribution in [2.45, 2.75) is 38.0 Å². The van der Waals surface area contributed by atoms with Crippen LogP contribution in [0.5, 0.6) is 5.88 Å². The van der Waals surface area contributed by atoms with E-state index in [0.29, 0.717) is 9.26 Å². The summed E-state index contributed by atoms with van der Waals surface area (Å²) in [6.07, 6.45) is -4.80. The van der Waals surface area contributed by atoms with Gasteiger partial charge in [-0.2, -0.15) is 13.2 Å². The molecule has 1 aliphatic rings. The van der Waals surface area contributed by atoms with Gasteiger partial charge in [0.2, 0.25) is 5.88 Å².